The summed E-state index contributed by atoms with van der Waals surface area (Å²) in [6.07, 6.45) is 0. The molecule has 0 saturated carbocycles. The minimum Gasteiger partial charge on any atom is -0.255 e. The van der Waals surface area contributed by atoms with Crippen molar-refractivity contribution in [3.63, 3.8) is 0 Å². The second-order valence-electron chi connectivity index (χ2n) is 4.75. The van der Waals surface area contributed by atoms with Crippen LogP contribution in [0.3, 0.4) is 0 Å². The van der Waals surface area contributed by atoms with Gasteiger partial charge in [0.1, 0.15) is 0 Å². The molecule has 0 aliphatic carbocycles. The van der Waals surface area contributed by atoms with E-state index >= 15 is 0 Å². The first kappa shape index (κ1) is 13.7. The van der Waals surface area contributed by atoms with E-state index in [0.29, 0.717) is 0 Å². The molecule has 0 unspecified atom stereocenters. The van der Waals surface area contributed by atoms with Crippen molar-refractivity contribution in [2.24, 2.45) is 10.1 Å². The molecule has 4 heteroatoms. The second kappa shape index (κ2) is 5.97. The number of aromatic nitrogens is 1. The maximum absolute atomic E-state index is 4.69. The summed E-state index contributed by atoms with van der Waals surface area (Å²) in [6, 6.07) is 10.5. The normalized spacial score (nSPS) is 13.3. The molecule has 100 valence electrons. The summed E-state index contributed by atoms with van der Waals surface area (Å²) in [5.41, 5.74) is 3.24. The van der Waals surface area contributed by atoms with Crippen LogP contribution in [0.2, 0.25) is 0 Å². The van der Waals surface area contributed by atoms with Crippen LogP contribution in [0.15, 0.2) is 45.8 Å². The predicted octanol–water partition coefficient (Wildman–Crippen LogP) is 3.44. The Balaban J connectivity index is 2.46. The molecule has 0 aliphatic rings. The van der Waals surface area contributed by atoms with E-state index in [-0.39, 0.29) is 6.04 Å². The highest BCUT2D eigenvalue weighted by Crippen LogP contribution is 2.05. The first-order valence-corrected chi connectivity index (χ1v) is 7.28. The van der Waals surface area contributed by atoms with Gasteiger partial charge in [-0.25, -0.2) is 4.68 Å². The van der Waals surface area contributed by atoms with Crippen LogP contribution >= 0.6 is 11.3 Å². The Morgan fingerprint density at radius 1 is 1.21 bits per heavy atom. The third-order valence-corrected chi connectivity index (χ3v) is 3.61. The third-order valence-electron chi connectivity index (χ3n) is 2.66. The smallest absolute Gasteiger partial charge is 0.206 e. The number of hydrogen-bond acceptors (Lipinski definition) is 3. The average Bonchev–Trinajstić information content (AvgIpc) is 2.72. The first-order chi connectivity index (χ1) is 9.08. The van der Waals surface area contributed by atoms with E-state index < -0.39 is 0 Å². The van der Waals surface area contributed by atoms with Crippen LogP contribution in [-0.4, -0.2) is 16.4 Å². The van der Waals surface area contributed by atoms with Gasteiger partial charge in [-0.2, -0.15) is 5.10 Å². The van der Waals surface area contributed by atoms with Crippen LogP contribution in [0.4, 0.5) is 0 Å². The molecule has 1 aromatic heterocycles. The van der Waals surface area contributed by atoms with E-state index in [9.17, 15) is 0 Å². The van der Waals surface area contributed by atoms with Crippen molar-refractivity contribution in [3.05, 3.63) is 51.8 Å². The van der Waals surface area contributed by atoms with Crippen molar-refractivity contribution in [2.45, 2.75) is 33.7 Å². The van der Waals surface area contributed by atoms with Crippen molar-refractivity contribution >= 4 is 17.0 Å². The Hall–Kier alpha value is -1.68. The Kier molecular flexibility index (Phi) is 4.32. The summed E-state index contributed by atoms with van der Waals surface area (Å²) in [7, 11) is 0. The zero-order valence-electron chi connectivity index (χ0n) is 11.8. The van der Waals surface area contributed by atoms with Gasteiger partial charge in [-0.3, -0.25) is 4.99 Å². The molecule has 0 bridgehead atoms. The lowest BCUT2D eigenvalue weighted by Gasteiger charge is -2.03. The molecular weight excluding hydrogens is 254 g/mol. The first-order valence-electron chi connectivity index (χ1n) is 6.40. The van der Waals surface area contributed by atoms with Crippen LogP contribution in [0.1, 0.15) is 32.0 Å². The fraction of sp³-hybridized carbons (Fsp3) is 0.333. The van der Waals surface area contributed by atoms with E-state index in [1.807, 2.05) is 29.8 Å². The maximum atomic E-state index is 4.69. The van der Waals surface area contributed by atoms with E-state index in [4.69, 9.17) is 5.10 Å². The summed E-state index contributed by atoms with van der Waals surface area (Å²) in [5, 5.41) is 6.78. The number of rotatable bonds is 3. The van der Waals surface area contributed by atoms with Gasteiger partial charge in [0.2, 0.25) is 4.80 Å². The predicted molar refractivity (Wildman–Crippen MR) is 81.8 cm³/mol. The van der Waals surface area contributed by atoms with Crippen LogP contribution in [0, 0.1) is 6.92 Å². The Morgan fingerprint density at radius 3 is 2.53 bits per heavy atom. The highest BCUT2D eigenvalue weighted by Gasteiger charge is 2.02. The number of aryl methyl sites for hydroxylation is 1. The minimum absolute atomic E-state index is 0.275. The molecule has 2 rings (SSSR count). The summed E-state index contributed by atoms with van der Waals surface area (Å²) in [5.74, 6) is 0. The van der Waals surface area contributed by atoms with Crippen molar-refractivity contribution in [1.82, 2.24) is 4.68 Å². The molecule has 0 atom stereocenters. The van der Waals surface area contributed by atoms with Gasteiger partial charge in [0, 0.05) is 11.4 Å². The highest BCUT2D eigenvalue weighted by molar-refractivity contribution is 7.07. The summed E-state index contributed by atoms with van der Waals surface area (Å²) in [6.45, 7) is 8.23. The van der Waals surface area contributed by atoms with Gasteiger partial charge in [-0.15, -0.1) is 11.3 Å². The number of nitrogens with zero attached hydrogens (tertiary/aromatic N) is 3. The molecule has 0 fully saturated rings. The lowest BCUT2D eigenvalue weighted by Crippen LogP contribution is -2.16. The molecule has 0 radical (unpaired) electrons. The summed E-state index contributed by atoms with van der Waals surface area (Å²) >= 11 is 1.63. The molecule has 19 heavy (non-hydrogen) atoms. The Labute approximate surface area is 118 Å². The van der Waals surface area contributed by atoms with E-state index in [1.165, 1.54) is 0 Å². The van der Waals surface area contributed by atoms with Gasteiger partial charge in [-0.05, 0) is 33.3 Å². The standard InChI is InChI=1S/C15H19N3S/c1-11(2)16-15-18(12(3)10-19-15)17-13(4)14-8-6-5-7-9-14/h5-11H,1-4H3/b16-15?,17-13-. The fourth-order valence-electron chi connectivity index (χ4n) is 1.70. The van der Waals surface area contributed by atoms with E-state index in [1.54, 1.807) is 11.3 Å². The maximum Gasteiger partial charge on any atom is 0.206 e. The SMILES string of the molecule is C/C(=N/n1c(C)csc1=NC(C)C)c1ccccc1. The summed E-state index contributed by atoms with van der Waals surface area (Å²) in [4.78, 5) is 5.55. The minimum atomic E-state index is 0.275. The van der Waals surface area contributed by atoms with Crippen LogP contribution in [-0.2, 0) is 0 Å². The Morgan fingerprint density at radius 2 is 1.89 bits per heavy atom. The molecule has 2 aromatic rings. The number of benzene rings is 1. The Bertz CT molecular complexity index is 633. The van der Waals surface area contributed by atoms with Crippen molar-refractivity contribution in [1.29, 1.82) is 0 Å². The second-order valence-corrected chi connectivity index (χ2v) is 5.58. The fourth-order valence-corrected chi connectivity index (χ4v) is 2.64. The molecular formula is C15H19N3S. The van der Waals surface area contributed by atoms with Gasteiger partial charge in [-0.1, -0.05) is 30.3 Å². The molecule has 3 nitrogen and oxygen atoms in total. The zero-order chi connectivity index (χ0) is 13.8. The van der Waals surface area contributed by atoms with E-state index in [2.05, 4.69) is 43.3 Å². The monoisotopic (exact) mass is 273 g/mol. The van der Waals surface area contributed by atoms with Crippen molar-refractivity contribution in [2.75, 3.05) is 0 Å². The third kappa shape index (κ3) is 3.41. The lowest BCUT2D eigenvalue weighted by atomic mass is 10.1. The largest absolute Gasteiger partial charge is 0.255 e. The molecule has 1 aromatic carbocycles. The summed E-state index contributed by atoms with van der Waals surface area (Å²) < 4.78 is 1.92. The topological polar surface area (TPSA) is 29.6 Å². The van der Waals surface area contributed by atoms with E-state index in [0.717, 1.165) is 21.8 Å². The van der Waals surface area contributed by atoms with Gasteiger partial charge >= 0.3 is 0 Å². The molecule has 1 heterocycles. The zero-order valence-corrected chi connectivity index (χ0v) is 12.6. The van der Waals surface area contributed by atoms with Crippen LogP contribution in [0.25, 0.3) is 0 Å². The van der Waals surface area contributed by atoms with Crippen molar-refractivity contribution < 1.29 is 0 Å². The molecule has 0 aliphatic heterocycles. The van der Waals surface area contributed by atoms with Gasteiger partial charge in [0.15, 0.2) is 0 Å². The molecule has 0 spiro atoms. The van der Waals surface area contributed by atoms with Crippen LogP contribution < -0.4 is 4.80 Å². The molecule has 0 amide bonds. The highest BCUT2D eigenvalue weighted by atomic mass is 32.1. The van der Waals surface area contributed by atoms with Gasteiger partial charge in [0.05, 0.1) is 11.4 Å². The quantitative estimate of drug-likeness (QED) is 0.767. The van der Waals surface area contributed by atoms with Gasteiger partial charge in [0.25, 0.3) is 0 Å². The van der Waals surface area contributed by atoms with Crippen molar-refractivity contribution in [3.8, 4) is 0 Å². The average molecular weight is 273 g/mol. The van der Waals surface area contributed by atoms with Crippen LogP contribution in [0.5, 0.6) is 0 Å². The molecule has 0 N–H and O–H groups in total. The number of hydrogen-bond donors (Lipinski definition) is 0. The number of thiazole rings is 1. The lowest BCUT2D eigenvalue weighted by molar-refractivity contribution is 0.735. The van der Waals surface area contributed by atoms with Gasteiger partial charge < -0.3 is 0 Å². The molecule has 0 saturated heterocycles.